The molecule has 2 heteroatoms. The molecule has 2 nitrogen and oxygen atoms in total. The Hall–Kier alpha value is -0.0800. The molecule has 0 amide bonds. The number of nitrogens with one attached hydrogen (secondary N) is 1. The molecule has 1 aliphatic carbocycles. The van der Waals surface area contributed by atoms with Crippen molar-refractivity contribution >= 4 is 0 Å². The largest absolute Gasteiger partial charge is 0.316 e. The van der Waals surface area contributed by atoms with Gasteiger partial charge in [-0.2, -0.15) is 0 Å². The first kappa shape index (κ1) is 14.0. The third-order valence-electron chi connectivity index (χ3n) is 3.80. The van der Waals surface area contributed by atoms with Crippen molar-refractivity contribution in [2.75, 3.05) is 20.1 Å². The van der Waals surface area contributed by atoms with Crippen LogP contribution in [0.3, 0.4) is 0 Å². The number of nitrogens with zero attached hydrogens (tertiary/aromatic N) is 1. The highest BCUT2D eigenvalue weighted by molar-refractivity contribution is 4.81. The van der Waals surface area contributed by atoms with Crippen molar-refractivity contribution < 1.29 is 0 Å². The predicted molar refractivity (Wildman–Crippen MR) is 71.8 cm³/mol. The highest BCUT2D eigenvalue weighted by atomic mass is 15.2. The molecule has 0 bridgehead atoms. The molecule has 96 valence electrons. The Morgan fingerprint density at radius 2 is 1.81 bits per heavy atom. The minimum Gasteiger partial charge on any atom is -0.316 e. The summed E-state index contributed by atoms with van der Waals surface area (Å²) in [4.78, 5) is 2.74. The number of rotatable bonds is 7. The molecular weight excluding hydrogens is 196 g/mol. The summed E-state index contributed by atoms with van der Waals surface area (Å²) in [7, 11) is 2.09. The molecule has 1 atom stereocenters. The molecule has 1 N–H and O–H groups in total. The van der Waals surface area contributed by atoms with E-state index in [-0.39, 0.29) is 0 Å². The maximum atomic E-state index is 3.44. The first-order valence-corrected chi connectivity index (χ1v) is 7.08. The molecule has 1 rings (SSSR count). The number of hydrogen-bond acceptors (Lipinski definition) is 2. The first-order chi connectivity index (χ1) is 7.67. The van der Waals surface area contributed by atoms with Crippen LogP contribution in [-0.2, 0) is 0 Å². The number of hydrogen-bond donors (Lipinski definition) is 1. The molecule has 0 aliphatic heterocycles. The molecule has 1 unspecified atom stereocenters. The monoisotopic (exact) mass is 226 g/mol. The molecular formula is C14H30N2. The van der Waals surface area contributed by atoms with Crippen molar-refractivity contribution in [3.05, 3.63) is 0 Å². The summed E-state index contributed by atoms with van der Waals surface area (Å²) < 4.78 is 0. The van der Waals surface area contributed by atoms with E-state index in [2.05, 4.69) is 38.0 Å². The summed E-state index contributed by atoms with van der Waals surface area (Å²) >= 11 is 0. The van der Waals surface area contributed by atoms with Gasteiger partial charge in [0.05, 0.1) is 0 Å². The zero-order chi connectivity index (χ0) is 12.0. The minimum atomic E-state index is 0.666. The van der Waals surface area contributed by atoms with Gasteiger partial charge in [0.2, 0.25) is 0 Å². The van der Waals surface area contributed by atoms with Gasteiger partial charge >= 0.3 is 0 Å². The van der Waals surface area contributed by atoms with Crippen LogP contribution in [0.5, 0.6) is 0 Å². The van der Waals surface area contributed by atoms with Crippen LogP contribution in [-0.4, -0.2) is 37.1 Å². The van der Waals surface area contributed by atoms with Crippen LogP contribution >= 0.6 is 0 Å². The third kappa shape index (κ3) is 4.42. The zero-order valence-corrected chi connectivity index (χ0v) is 11.6. The molecule has 0 aromatic heterocycles. The summed E-state index contributed by atoms with van der Waals surface area (Å²) in [5.41, 5.74) is 0. The molecule has 0 aromatic carbocycles. The van der Waals surface area contributed by atoms with E-state index in [1.807, 2.05) is 0 Å². The smallest absolute Gasteiger partial charge is 0.0189 e. The van der Waals surface area contributed by atoms with Crippen LogP contribution in [0.1, 0.15) is 52.9 Å². The van der Waals surface area contributed by atoms with E-state index in [0.29, 0.717) is 6.04 Å². The van der Waals surface area contributed by atoms with E-state index >= 15 is 0 Å². The van der Waals surface area contributed by atoms with E-state index < -0.39 is 0 Å². The molecule has 0 aromatic rings. The summed E-state index contributed by atoms with van der Waals surface area (Å²) in [6.07, 6.45) is 6.96. The van der Waals surface area contributed by atoms with Crippen LogP contribution in [0, 0.1) is 5.92 Å². The van der Waals surface area contributed by atoms with Crippen LogP contribution in [0.15, 0.2) is 0 Å². The Balaban J connectivity index is 2.48. The van der Waals surface area contributed by atoms with Gasteiger partial charge in [0.15, 0.2) is 0 Å². The average molecular weight is 226 g/mol. The van der Waals surface area contributed by atoms with Crippen LogP contribution in [0.2, 0.25) is 0 Å². The molecule has 1 aliphatic rings. The summed E-state index contributed by atoms with van der Waals surface area (Å²) in [5.74, 6) is 0.787. The molecule has 0 saturated heterocycles. The maximum absolute atomic E-state index is 3.44. The quantitative estimate of drug-likeness (QED) is 0.718. The Morgan fingerprint density at radius 3 is 2.25 bits per heavy atom. The molecule has 0 heterocycles. The lowest BCUT2D eigenvalue weighted by Crippen LogP contribution is -2.45. The fourth-order valence-electron chi connectivity index (χ4n) is 2.82. The summed E-state index contributed by atoms with van der Waals surface area (Å²) in [6.45, 7) is 9.45. The van der Waals surface area contributed by atoms with Crippen LogP contribution in [0.4, 0.5) is 0 Å². The highest BCUT2D eigenvalue weighted by Gasteiger charge is 2.24. The van der Waals surface area contributed by atoms with Gasteiger partial charge in [-0.05, 0) is 32.2 Å². The minimum absolute atomic E-state index is 0.666. The van der Waals surface area contributed by atoms with Gasteiger partial charge in [0.25, 0.3) is 0 Å². The van der Waals surface area contributed by atoms with Gasteiger partial charge in [0.1, 0.15) is 0 Å². The molecule has 0 radical (unpaired) electrons. The lowest BCUT2D eigenvalue weighted by Gasteiger charge is -2.33. The lowest BCUT2D eigenvalue weighted by atomic mass is 10.1. The van der Waals surface area contributed by atoms with Crippen molar-refractivity contribution in [1.29, 1.82) is 0 Å². The molecule has 1 saturated carbocycles. The SMILES string of the molecule is CCC(CN(CC(C)C)C1CCCC1)NC. The molecule has 16 heavy (non-hydrogen) atoms. The first-order valence-electron chi connectivity index (χ1n) is 7.08. The van der Waals surface area contributed by atoms with Gasteiger partial charge < -0.3 is 5.32 Å². The van der Waals surface area contributed by atoms with Gasteiger partial charge in [-0.25, -0.2) is 0 Å². The van der Waals surface area contributed by atoms with E-state index in [1.54, 1.807) is 0 Å². The van der Waals surface area contributed by atoms with E-state index in [0.717, 1.165) is 12.0 Å². The Bertz CT molecular complexity index is 170. The average Bonchev–Trinajstić information content (AvgIpc) is 2.76. The molecule has 1 fully saturated rings. The number of likely N-dealkylation sites (N-methyl/N-ethyl adjacent to an activating group) is 1. The van der Waals surface area contributed by atoms with Gasteiger partial charge in [-0.3, -0.25) is 4.90 Å². The standard InChI is InChI=1S/C14H30N2/c1-5-13(15-4)11-16(10-12(2)3)14-8-6-7-9-14/h12-15H,5-11H2,1-4H3. The predicted octanol–water partition coefficient (Wildman–Crippen LogP) is 2.89. The van der Waals surface area contributed by atoms with Crippen LogP contribution in [0.25, 0.3) is 0 Å². The normalized spacial score (nSPS) is 19.9. The second-order valence-corrected chi connectivity index (χ2v) is 5.68. The molecule has 0 spiro atoms. The van der Waals surface area contributed by atoms with Gasteiger partial charge in [0, 0.05) is 25.2 Å². The lowest BCUT2D eigenvalue weighted by molar-refractivity contribution is 0.159. The van der Waals surface area contributed by atoms with E-state index in [1.165, 1.54) is 45.2 Å². The van der Waals surface area contributed by atoms with E-state index in [9.17, 15) is 0 Å². The van der Waals surface area contributed by atoms with E-state index in [4.69, 9.17) is 0 Å². The Labute approximate surface area is 102 Å². The zero-order valence-electron chi connectivity index (χ0n) is 11.6. The van der Waals surface area contributed by atoms with Crippen molar-refractivity contribution in [2.24, 2.45) is 5.92 Å². The van der Waals surface area contributed by atoms with Crippen molar-refractivity contribution in [1.82, 2.24) is 10.2 Å². The topological polar surface area (TPSA) is 15.3 Å². The van der Waals surface area contributed by atoms with Gasteiger partial charge in [-0.15, -0.1) is 0 Å². The second-order valence-electron chi connectivity index (χ2n) is 5.68. The van der Waals surface area contributed by atoms with Crippen molar-refractivity contribution in [3.8, 4) is 0 Å². The highest BCUT2D eigenvalue weighted by Crippen LogP contribution is 2.24. The third-order valence-corrected chi connectivity index (χ3v) is 3.80. The summed E-state index contributed by atoms with van der Waals surface area (Å²) in [5, 5.41) is 3.44. The summed E-state index contributed by atoms with van der Waals surface area (Å²) in [6, 6.07) is 1.53. The Morgan fingerprint density at radius 1 is 1.19 bits per heavy atom. The maximum Gasteiger partial charge on any atom is 0.0189 e. The Kier molecular flexibility index (Phi) is 6.37. The van der Waals surface area contributed by atoms with Crippen molar-refractivity contribution in [2.45, 2.75) is 65.0 Å². The van der Waals surface area contributed by atoms with Crippen molar-refractivity contribution in [3.63, 3.8) is 0 Å². The second kappa shape index (κ2) is 7.29. The van der Waals surface area contributed by atoms with Gasteiger partial charge in [-0.1, -0.05) is 33.6 Å². The fourth-order valence-corrected chi connectivity index (χ4v) is 2.82. The van der Waals surface area contributed by atoms with Crippen LogP contribution < -0.4 is 5.32 Å². The fraction of sp³-hybridized carbons (Fsp3) is 1.00.